The molecule has 0 saturated carbocycles. The van der Waals surface area contributed by atoms with Crippen molar-refractivity contribution >= 4 is 11.9 Å². The Morgan fingerprint density at radius 1 is 0.733 bits per heavy atom. The minimum atomic E-state index is -1.01. The summed E-state index contributed by atoms with van der Waals surface area (Å²) >= 11 is 0. The summed E-state index contributed by atoms with van der Waals surface area (Å²) in [5.74, 6) is -2.01. The van der Waals surface area contributed by atoms with Gasteiger partial charge in [-0.2, -0.15) is 0 Å². The van der Waals surface area contributed by atoms with E-state index in [1.54, 1.807) is 41.5 Å². The Hall–Kier alpha value is -0.437. The summed E-state index contributed by atoms with van der Waals surface area (Å²) in [4.78, 5) is 19.8. The monoisotopic (exact) mass is 304 g/mol. The molecule has 0 aromatic heterocycles. The van der Waals surface area contributed by atoms with Gasteiger partial charge in [0, 0.05) is 22.8 Å². The Bertz CT molecular complexity index is 186. The van der Waals surface area contributed by atoms with Gasteiger partial charge in [0.2, 0.25) is 0 Å². The van der Waals surface area contributed by atoms with E-state index < -0.39 is 22.8 Å². The fourth-order valence-corrected chi connectivity index (χ4v) is 0. The molecule has 0 spiro atoms. The molecule has 0 aromatic rings. The summed E-state index contributed by atoms with van der Waals surface area (Å²) in [5, 5.41) is 19.8. The first-order valence-corrected chi connectivity index (χ1v) is 4.32. The van der Waals surface area contributed by atoms with Gasteiger partial charge in [0.25, 0.3) is 0 Å². The number of hydrogen-bond acceptors (Lipinski definition) is 4. The Kier molecular flexibility index (Phi) is 9.27. The zero-order valence-corrected chi connectivity index (χ0v) is 11.7. The van der Waals surface area contributed by atoms with Gasteiger partial charge in [-0.15, -0.1) is 0 Å². The second kappa shape index (κ2) is 6.94. The first kappa shape index (κ1) is 20.0. The smallest absolute Gasteiger partial charge is 0.550 e. The van der Waals surface area contributed by atoms with E-state index in [0.717, 1.165) is 0 Å². The summed E-state index contributed by atoms with van der Waals surface area (Å²) in [7, 11) is 0. The van der Waals surface area contributed by atoms with Crippen LogP contribution in [0.3, 0.4) is 0 Å². The van der Waals surface area contributed by atoms with Crippen LogP contribution in [0.5, 0.6) is 0 Å². The van der Waals surface area contributed by atoms with Crippen molar-refractivity contribution in [2.75, 3.05) is 0 Å². The van der Waals surface area contributed by atoms with E-state index in [-0.39, 0.29) is 19.5 Å². The van der Waals surface area contributed by atoms with E-state index in [0.29, 0.717) is 0 Å². The van der Waals surface area contributed by atoms with Crippen LogP contribution in [0.25, 0.3) is 0 Å². The maximum Gasteiger partial charge on any atom is 2.00 e. The van der Waals surface area contributed by atoms with Crippen LogP contribution in [0.2, 0.25) is 0 Å². The average molecular weight is 303 g/mol. The van der Waals surface area contributed by atoms with Crippen LogP contribution in [0, 0.1) is 10.8 Å². The third-order valence-electron chi connectivity index (χ3n) is 1.22. The molecule has 0 aliphatic rings. The van der Waals surface area contributed by atoms with Gasteiger partial charge in [-0.1, -0.05) is 41.5 Å². The van der Waals surface area contributed by atoms with Gasteiger partial charge < -0.3 is 19.8 Å². The van der Waals surface area contributed by atoms with Gasteiger partial charge >= 0.3 is 19.5 Å². The molecule has 0 amide bonds. The van der Waals surface area contributed by atoms with Crippen LogP contribution in [0.15, 0.2) is 0 Å². The van der Waals surface area contributed by atoms with Crippen LogP contribution in [0.4, 0.5) is 0 Å². The molecule has 0 atom stereocenters. The standard InChI is InChI=1S/2C5H10O2.Ru/c2*1-5(2,3)4(6)7;/h2*1-3H3,(H,6,7);/q;;+2/p-2. The van der Waals surface area contributed by atoms with Crippen molar-refractivity contribution in [3.05, 3.63) is 0 Å². The molecule has 0 N–H and O–H groups in total. The molecule has 0 fully saturated rings. The summed E-state index contributed by atoms with van der Waals surface area (Å²) in [6.07, 6.45) is 0. The molecule has 0 heterocycles. The fourth-order valence-electron chi connectivity index (χ4n) is 0. The SMILES string of the molecule is CC(C)(C)C(=O)[O-].CC(C)(C)C(=O)[O-].[Ru+2]. The quantitative estimate of drug-likeness (QED) is 0.568. The number of carboxylic acids is 2. The average Bonchev–Trinajstić information content (AvgIpc) is 1.83. The number of aliphatic carboxylic acids is 2. The van der Waals surface area contributed by atoms with Crippen molar-refractivity contribution < 1.29 is 39.3 Å². The number of rotatable bonds is 0. The number of carboxylic acid groups (broad SMARTS) is 2. The second-order valence-corrected chi connectivity index (χ2v) is 5.07. The maximum atomic E-state index is 9.91. The molecule has 5 heteroatoms. The molecule has 0 aromatic carbocycles. The van der Waals surface area contributed by atoms with Crippen LogP contribution in [0.1, 0.15) is 41.5 Å². The van der Waals surface area contributed by atoms with E-state index in [1.807, 2.05) is 0 Å². The first-order chi connectivity index (χ1) is 5.89. The van der Waals surface area contributed by atoms with E-state index in [4.69, 9.17) is 0 Å². The molecule has 0 unspecified atom stereocenters. The zero-order chi connectivity index (χ0) is 12.2. The Balaban J connectivity index is -0.000000180. The molecule has 0 radical (unpaired) electrons. The third kappa shape index (κ3) is 13.6. The maximum absolute atomic E-state index is 9.91. The van der Waals surface area contributed by atoms with Crippen molar-refractivity contribution in [3.63, 3.8) is 0 Å². The fraction of sp³-hybridized carbons (Fsp3) is 0.800. The molecular formula is C10H18O4Ru. The predicted octanol–water partition coefficient (Wildman–Crippen LogP) is -0.438. The Labute approximate surface area is 104 Å². The molecule has 4 nitrogen and oxygen atoms in total. The van der Waals surface area contributed by atoms with Gasteiger partial charge in [-0.05, 0) is 0 Å². The number of carbonyl (C=O) groups excluding carboxylic acids is 2. The van der Waals surface area contributed by atoms with E-state index >= 15 is 0 Å². The minimum absolute atomic E-state index is 0. The van der Waals surface area contributed by atoms with Crippen molar-refractivity contribution in [3.8, 4) is 0 Å². The van der Waals surface area contributed by atoms with E-state index in [1.165, 1.54) is 0 Å². The summed E-state index contributed by atoms with van der Waals surface area (Å²) in [5.41, 5.74) is -1.39. The summed E-state index contributed by atoms with van der Waals surface area (Å²) in [6.45, 7) is 9.60. The van der Waals surface area contributed by atoms with Gasteiger partial charge in [0.05, 0.1) is 0 Å². The van der Waals surface area contributed by atoms with Crippen molar-refractivity contribution in [1.82, 2.24) is 0 Å². The predicted molar refractivity (Wildman–Crippen MR) is 48.9 cm³/mol. The van der Waals surface area contributed by atoms with Crippen molar-refractivity contribution in [2.45, 2.75) is 41.5 Å². The van der Waals surface area contributed by atoms with E-state index in [2.05, 4.69) is 0 Å². The second-order valence-electron chi connectivity index (χ2n) is 5.07. The topological polar surface area (TPSA) is 80.3 Å². The zero-order valence-electron chi connectivity index (χ0n) is 9.99. The van der Waals surface area contributed by atoms with Crippen molar-refractivity contribution in [2.24, 2.45) is 10.8 Å². The van der Waals surface area contributed by atoms with Gasteiger partial charge in [0.1, 0.15) is 0 Å². The van der Waals surface area contributed by atoms with Gasteiger partial charge in [0.15, 0.2) is 0 Å². The molecule has 0 rings (SSSR count). The minimum Gasteiger partial charge on any atom is -0.550 e. The molecule has 0 aliphatic carbocycles. The van der Waals surface area contributed by atoms with Crippen LogP contribution < -0.4 is 10.2 Å². The van der Waals surface area contributed by atoms with Crippen molar-refractivity contribution in [1.29, 1.82) is 0 Å². The molecule has 0 aliphatic heterocycles. The first-order valence-electron chi connectivity index (χ1n) is 4.32. The van der Waals surface area contributed by atoms with Gasteiger partial charge in [-0.25, -0.2) is 0 Å². The molecule has 0 bridgehead atoms. The van der Waals surface area contributed by atoms with Gasteiger partial charge in [-0.3, -0.25) is 0 Å². The Morgan fingerprint density at radius 2 is 0.800 bits per heavy atom. The molecule has 90 valence electrons. The normalized spacial score (nSPS) is 10.5. The van der Waals surface area contributed by atoms with Crippen LogP contribution in [-0.4, -0.2) is 11.9 Å². The number of hydrogen-bond donors (Lipinski definition) is 0. The summed E-state index contributed by atoms with van der Waals surface area (Å²) in [6, 6.07) is 0. The summed E-state index contributed by atoms with van der Waals surface area (Å²) < 4.78 is 0. The third-order valence-corrected chi connectivity index (χ3v) is 1.22. The molecule has 15 heavy (non-hydrogen) atoms. The van der Waals surface area contributed by atoms with E-state index in [9.17, 15) is 19.8 Å². The van der Waals surface area contributed by atoms with Crippen LogP contribution >= 0.6 is 0 Å². The largest absolute Gasteiger partial charge is 2.00 e. The number of carbonyl (C=O) groups is 2. The van der Waals surface area contributed by atoms with Crippen LogP contribution in [-0.2, 0) is 29.1 Å². The molecular weight excluding hydrogens is 285 g/mol. The Morgan fingerprint density at radius 3 is 0.800 bits per heavy atom. The molecule has 0 saturated heterocycles.